The lowest BCUT2D eigenvalue weighted by atomic mass is 9.95. The number of amides is 1. The SMILES string of the molecule is CC(C)C[C@@H](Nc1ccc(C(=O)NCCC(=O)O)cn1)c1ccc(-c2ccc(C(F)(F)F)cn2)cc1. The Morgan fingerprint density at radius 1 is 0.972 bits per heavy atom. The van der Waals surface area contributed by atoms with E-state index in [1.807, 2.05) is 24.3 Å². The highest BCUT2D eigenvalue weighted by Crippen LogP contribution is 2.31. The number of nitrogens with one attached hydrogen (secondary N) is 2. The van der Waals surface area contributed by atoms with Gasteiger partial charge in [-0.15, -0.1) is 0 Å². The third kappa shape index (κ3) is 7.53. The molecule has 2 aromatic heterocycles. The van der Waals surface area contributed by atoms with Gasteiger partial charge in [-0.3, -0.25) is 14.6 Å². The Balaban J connectivity index is 1.70. The van der Waals surface area contributed by atoms with Crippen molar-refractivity contribution in [3.8, 4) is 11.3 Å². The van der Waals surface area contributed by atoms with Crippen molar-refractivity contribution in [1.82, 2.24) is 15.3 Å². The Labute approximate surface area is 206 Å². The zero-order valence-electron chi connectivity index (χ0n) is 19.8. The summed E-state index contributed by atoms with van der Waals surface area (Å²) in [5.74, 6) is -0.469. The Morgan fingerprint density at radius 3 is 2.22 bits per heavy atom. The first-order valence-electron chi connectivity index (χ1n) is 11.4. The molecule has 0 saturated carbocycles. The van der Waals surface area contributed by atoms with Gasteiger partial charge < -0.3 is 15.7 Å². The van der Waals surface area contributed by atoms with E-state index in [2.05, 4.69) is 34.4 Å². The number of anilines is 1. The van der Waals surface area contributed by atoms with Gasteiger partial charge in [-0.05, 0) is 42.2 Å². The molecule has 0 fully saturated rings. The molecule has 0 bridgehead atoms. The molecular formula is C26H27F3N4O3. The first-order valence-corrected chi connectivity index (χ1v) is 11.4. The van der Waals surface area contributed by atoms with Gasteiger partial charge in [0.05, 0.1) is 29.3 Å². The van der Waals surface area contributed by atoms with Gasteiger partial charge in [0.1, 0.15) is 5.82 Å². The van der Waals surface area contributed by atoms with Crippen molar-refractivity contribution < 1.29 is 27.9 Å². The van der Waals surface area contributed by atoms with Crippen LogP contribution in [0.15, 0.2) is 60.9 Å². The lowest BCUT2D eigenvalue weighted by Gasteiger charge is -2.22. The van der Waals surface area contributed by atoms with E-state index in [1.54, 1.807) is 12.1 Å². The number of carbonyl (C=O) groups excluding carboxylic acids is 1. The van der Waals surface area contributed by atoms with E-state index in [4.69, 9.17) is 5.11 Å². The van der Waals surface area contributed by atoms with Gasteiger partial charge in [0.15, 0.2) is 0 Å². The average molecular weight is 501 g/mol. The van der Waals surface area contributed by atoms with E-state index in [1.165, 1.54) is 12.3 Å². The minimum absolute atomic E-state index is 0.0304. The van der Waals surface area contributed by atoms with Crippen molar-refractivity contribution in [1.29, 1.82) is 0 Å². The maximum atomic E-state index is 12.8. The van der Waals surface area contributed by atoms with Gasteiger partial charge >= 0.3 is 12.1 Å². The molecule has 0 saturated heterocycles. The van der Waals surface area contributed by atoms with Crippen LogP contribution in [-0.2, 0) is 11.0 Å². The van der Waals surface area contributed by atoms with Crippen LogP contribution >= 0.6 is 0 Å². The van der Waals surface area contributed by atoms with Crippen molar-refractivity contribution in [3.63, 3.8) is 0 Å². The molecule has 0 aliphatic carbocycles. The van der Waals surface area contributed by atoms with Crippen LogP contribution < -0.4 is 10.6 Å². The lowest BCUT2D eigenvalue weighted by molar-refractivity contribution is -0.138. The molecule has 190 valence electrons. The maximum Gasteiger partial charge on any atom is 0.417 e. The number of nitrogens with zero attached hydrogens (tertiary/aromatic N) is 2. The fourth-order valence-corrected chi connectivity index (χ4v) is 3.55. The van der Waals surface area contributed by atoms with Gasteiger partial charge in [0.25, 0.3) is 5.91 Å². The molecule has 10 heteroatoms. The number of pyridine rings is 2. The van der Waals surface area contributed by atoms with Crippen LogP contribution in [0.25, 0.3) is 11.3 Å². The van der Waals surface area contributed by atoms with Crippen LogP contribution in [0.1, 0.15) is 54.2 Å². The van der Waals surface area contributed by atoms with E-state index in [9.17, 15) is 22.8 Å². The molecule has 3 rings (SSSR count). The molecule has 0 aliphatic rings. The lowest BCUT2D eigenvalue weighted by Crippen LogP contribution is -2.26. The summed E-state index contributed by atoms with van der Waals surface area (Å²) in [7, 11) is 0. The third-order valence-corrected chi connectivity index (χ3v) is 5.38. The van der Waals surface area contributed by atoms with Crippen molar-refractivity contribution in [2.45, 2.75) is 38.9 Å². The number of benzene rings is 1. The number of carboxylic acids is 1. The van der Waals surface area contributed by atoms with Crippen LogP contribution in [0.3, 0.4) is 0 Å². The monoisotopic (exact) mass is 500 g/mol. The van der Waals surface area contributed by atoms with Crippen LogP contribution in [0.2, 0.25) is 0 Å². The van der Waals surface area contributed by atoms with Crippen LogP contribution in [0, 0.1) is 5.92 Å². The largest absolute Gasteiger partial charge is 0.481 e. The fourth-order valence-electron chi connectivity index (χ4n) is 3.55. The molecule has 7 nitrogen and oxygen atoms in total. The molecule has 3 aromatic rings. The molecular weight excluding hydrogens is 473 g/mol. The summed E-state index contributed by atoms with van der Waals surface area (Å²) in [6.07, 6.45) is -1.56. The maximum absolute atomic E-state index is 12.8. The molecule has 3 N–H and O–H groups in total. The van der Waals surface area contributed by atoms with Crippen LogP contribution in [-0.4, -0.2) is 33.5 Å². The molecule has 0 aliphatic heterocycles. The Bertz CT molecular complexity index is 1160. The van der Waals surface area contributed by atoms with Gasteiger partial charge in [-0.25, -0.2) is 4.98 Å². The highest BCUT2D eigenvalue weighted by Gasteiger charge is 2.30. The average Bonchev–Trinajstić information content (AvgIpc) is 2.83. The predicted octanol–water partition coefficient (Wildman–Crippen LogP) is 5.57. The number of rotatable bonds is 10. The number of alkyl halides is 3. The molecule has 36 heavy (non-hydrogen) atoms. The summed E-state index contributed by atoms with van der Waals surface area (Å²) in [5.41, 5.74) is 1.64. The van der Waals surface area contributed by atoms with Gasteiger partial charge in [-0.1, -0.05) is 38.1 Å². The second-order valence-corrected chi connectivity index (χ2v) is 8.71. The summed E-state index contributed by atoms with van der Waals surface area (Å²) in [6, 6.07) is 13.0. The molecule has 0 radical (unpaired) electrons. The number of halogens is 3. The second-order valence-electron chi connectivity index (χ2n) is 8.71. The summed E-state index contributed by atoms with van der Waals surface area (Å²) >= 11 is 0. The zero-order valence-corrected chi connectivity index (χ0v) is 19.8. The molecule has 1 aromatic carbocycles. The van der Waals surface area contributed by atoms with Crippen molar-refractivity contribution in [3.05, 3.63) is 77.6 Å². The van der Waals surface area contributed by atoms with Gasteiger partial charge in [0, 0.05) is 24.5 Å². The number of carboxylic acid groups (broad SMARTS) is 1. The van der Waals surface area contributed by atoms with E-state index < -0.39 is 23.6 Å². The highest BCUT2D eigenvalue weighted by atomic mass is 19.4. The smallest absolute Gasteiger partial charge is 0.417 e. The topological polar surface area (TPSA) is 104 Å². The van der Waals surface area contributed by atoms with Gasteiger partial charge in [-0.2, -0.15) is 13.2 Å². The first-order chi connectivity index (χ1) is 17.0. The first kappa shape index (κ1) is 26.7. The number of carbonyl (C=O) groups is 2. The van der Waals surface area contributed by atoms with Crippen molar-refractivity contribution >= 4 is 17.7 Å². The minimum atomic E-state index is -4.43. The molecule has 1 amide bonds. The summed E-state index contributed by atoms with van der Waals surface area (Å²) in [4.78, 5) is 31.0. The summed E-state index contributed by atoms with van der Waals surface area (Å²) in [5, 5.41) is 14.6. The standard InChI is InChI=1S/C26H27F3N4O3/c1-16(2)13-22(33-23-10-7-19(14-32-23)25(36)30-12-11-24(34)35)18-5-3-17(4-6-18)21-9-8-20(15-31-21)26(27,28)29/h3-10,14-16,22H,11-13H2,1-2H3,(H,30,36)(H,32,33)(H,34,35)/t22-/m1/s1. The fraction of sp³-hybridized carbons (Fsp3) is 0.308. The summed E-state index contributed by atoms with van der Waals surface area (Å²) in [6.45, 7) is 4.21. The zero-order chi connectivity index (χ0) is 26.3. The number of hydrogen-bond acceptors (Lipinski definition) is 5. The molecule has 0 spiro atoms. The van der Waals surface area contributed by atoms with Crippen LogP contribution in [0.4, 0.5) is 19.0 Å². The quantitative estimate of drug-likeness (QED) is 0.336. The predicted molar refractivity (Wildman–Crippen MR) is 129 cm³/mol. The van der Waals surface area contributed by atoms with E-state index in [-0.39, 0.29) is 19.0 Å². The molecule has 1 atom stereocenters. The minimum Gasteiger partial charge on any atom is -0.481 e. The number of aliphatic carboxylic acids is 1. The van der Waals surface area contributed by atoms with E-state index >= 15 is 0 Å². The molecule has 0 unspecified atom stereocenters. The summed E-state index contributed by atoms with van der Waals surface area (Å²) < 4.78 is 38.4. The van der Waals surface area contributed by atoms with Crippen molar-refractivity contribution in [2.24, 2.45) is 5.92 Å². The van der Waals surface area contributed by atoms with E-state index in [0.717, 1.165) is 24.2 Å². The Kier molecular flexibility index (Phi) is 8.63. The van der Waals surface area contributed by atoms with Crippen LogP contribution in [0.5, 0.6) is 0 Å². The third-order valence-electron chi connectivity index (χ3n) is 5.38. The number of hydrogen-bond donors (Lipinski definition) is 3. The second kappa shape index (κ2) is 11.7. The van der Waals surface area contributed by atoms with Gasteiger partial charge in [0.2, 0.25) is 0 Å². The number of aromatic nitrogens is 2. The Hall–Kier alpha value is -3.95. The highest BCUT2D eigenvalue weighted by molar-refractivity contribution is 5.94. The molecule has 2 heterocycles. The van der Waals surface area contributed by atoms with Crippen molar-refractivity contribution in [2.75, 3.05) is 11.9 Å². The normalized spacial score (nSPS) is 12.3. The Morgan fingerprint density at radius 2 is 1.69 bits per heavy atom. The van der Waals surface area contributed by atoms with E-state index in [0.29, 0.717) is 28.6 Å².